The lowest BCUT2D eigenvalue weighted by atomic mass is 10.1. The average molecular weight is 391 g/mol. The van der Waals surface area contributed by atoms with Crippen molar-refractivity contribution in [2.45, 2.75) is 6.42 Å². The van der Waals surface area contributed by atoms with Crippen LogP contribution in [0.3, 0.4) is 0 Å². The van der Waals surface area contributed by atoms with Crippen LogP contribution in [0.4, 0.5) is 5.69 Å². The topological polar surface area (TPSA) is 83.6 Å². The standard InChI is InChI=1S/C18H12Cl2N2O4/c19-11-6-13(20)16-14(7-11)21-17(26-16)9-2-1-3-12(4-9)22-8-10(18(24)25)5-15(22)23/h1-4,6-7,10H,5,8H2,(H,24,25)/t10-/m0/s1. The number of rotatable bonds is 3. The lowest BCUT2D eigenvalue weighted by Crippen LogP contribution is -2.25. The van der Waals surface area contributed by atoms with E-state index in [0.29, 0.717) is 38.3 Å². The predicted octanol–water partition coefficient (Wildman–Crippen LogP) is 4.24. The number of aliphatic carboxylic acids is 1. The van der Waals surface area contributed by atoms with E-state index in [1.54, 1.807) is 36.4 Å². The maximum Gasteiger partial charge on any atom is 0.308 e. The number of aromatic nitrogens is 1. The van der Waals surface area contributed by atoms with Gasteiger partial charge in [-0.2, -0.15) is 0 Å². The van der Waals surface area contributed by atoms with E-state index < -0.39 is 11.9 Å². The Morgan fingerprint density at radius 3 is 2.81 bits per heavy atom. The third-order valence-electron chi connectivity index (χ3n) is 4.29. The summed E-state index contributed by atoms with van der Waals surface area (Å²) >= 11 is 12.1. The highest BCUT2D eigenvalue weighted by atomic mass is 35.5. The number of anilines is 1. The van der Waals surface area contributed by atoms with Crippen molar-refractivity contribution in [3.63, 3.8) is 0 Å². The molecule has 1 aliphatic rings. The van der Waals surface area contributed by atoms with Crippen LogP contribution in [-0.4, -0.2) is 28.5 Å². The molecule has 1 N–H and O–H groups in total. The van der Waals surface area contributed by atoms with Gasteiger partial charge in [0.25, 0.3) is 0 Å². The number of carboxylic acids is 1. The predicted molar refractivity (Wildman–Crippen MR) is 97.6 cm³/mol. The number of halogens is 2. The summed E-state index contributed by atoms with van der Waals surface area (Å²) in [6, 6.07) is 10.3. The maximum absolute atomic E-state index is 12.2. The summed E-state index contributed by atoms with van der Waals surface area (Å²) < 4.78 is 5.74. The molecule has 132 valence electrons. The van der Waals surface area contributed by atoms with E-state index in [1.807, 2.05) is 0 Å². The molecule has 3 aromatic rings. The molecule has 6 nitrogen and oxygen atoms in total. The van der Waals surface area contributed by atoms with E-state index in [1.165, 1.54) is 4.90 Å². The summed E-state index contributed by atoms with van der Waals surface area (Å²) in [6.45, 7) is 0.145. The molecule has 1 saturated heterocycles. The normalized spacial score (nSPS) is 17.2. The Balaban J connectivity index is 1.71. The Morgan fingerprint density at radius 2 is 2.08 bits per heavy atom. The highest BCUT2D eigenvalue weighted by Crippen LogP contribution is 2.34. The van der Waals surface area contributed by atoms with Gasteiger partial charge in [-0.15, -0.1) is 0 Å². The summed E-state index contributed by atoms with van der Waals surface area (Å²) in [5.41, 5.74) is 2.21. The van der Waals surface area contributed by atoms with Crippen LogP contribution in [0.1, 0.15) is 6.42 Å². The van der Waals surface area contributed by atoms with Crippen molar-refractivity contribution in [2.75, 3.05) is 11.4 Å². The van der Waals surface area contributed by atoms with Gasteiger partial charge >= 0.3 is 5.97 Å². The van der Waals surface area contributed by atoms with Crippen molar-refractivity contribution in [3.05, 3.63) is 46.4 Å². The molecule has 2 heterocycles. The number of benzene rings is 2. The number of amides is 1. The molecule has 0 saturated carbocycles. The molecule has 0 radical (unpaired) electrons. The molecule has 1 aliphatic heterocycles. The molecule has 0 aliphatic carbocycles. The van der Waals surface area contributed by atoms with Crippen LogP contribution in [0.25, 0.3) is 22.6 Å². The fourth-order valence-electron chi connectivity index (χ4n) is 3.01. The Hall–Kier alpha value is -2.57. The van der Waals surface area contributed by atoms with Crippen LogP contribution in [0, 0.1) is 5.92 Å². The second-order valence-corrected chi connectivity index (χ2v) is 6.89. The SMILES string of the molecule is O=C(O)[C@H]1CC(=O)N(c2cccc(-c3nc4cc(Cl)cc(Cl)c4o3)c2)C1. The first kappa shape index (κ1) is 16.9. The minimum absolute atomic E-state index is 0.00342. The third kappa shape index (κ3) is 2.91. The van der Waals surface area contributed by atoms with E-state index in [-0.39, 0.29) is 18.9 Å². The van der Waals surface area contributed by atoms with Crippen LogP contribution in [0.15, 0.2) is 40.8 Å². The van der Waals surface area contributed by atoms with Gasteiger partial charge in [0.05, 0.1) is 10.9 Å². The highest BCUT2D eigenvalue weighted by Gasteiger charge is 2.35. The summed E-state index contributed by atoms with van der Waals surface area (Å²) in [4.78, 5) is 29.2. The van der Waals surface area contributed by atoms with Gasteiger partial charge in [-0.1, -0.05) is 29.3 Å². The molecular weight excluding hydrogens is 379 g/mol. The van der Waals surface area contributed by atoms with Crippen molar-refractivity contribution in [3.8, 4) is 11.5 Å². The van der Waals surface area contributed by atoms with E-state index in [9.17, 15) is 9.59 Å². The van der Waals surface area contributed by atoms with Crippen LogP contribution in [-0.2, 0) is 9.59 Å². The number of fused-ring (bicyclic) bond motifs is 1. The Bertz CT molecular complexity index is 1050. The summed E-state index contributed by atoms with van der Waals surface area (Å²) in [6.07, 6.45) is -0.00342. The lowest BCUT2D eigenvalue weighted by Gasteiger charge is -2.16. The molecule has 2 aromatic carbocycles. The van der Waals surface area contributed by atoms with Gasteiger partial charge in [0, 0.05) is 29.2 Å². The minimum Gasteiger partial charge on any atom is -0.481 e. The van der Waals surface area contributed by atoms with Gasteiger partial charge in [0.15, 0.2) is 5.58 Å². The zero-order valence-corrected chi connectivity index (χ0v) is 14.8. The summed E-state index contributed by atoms with van der Waals surface area (Å²) in [5.74, 6) is -1.55. The molecule has 0 spiro atoms. The number of oxazole rings is 1. The van der Waals surface area contributed by atoms with Crippen molar-refractivity contribution in [1.29, 1.82) is 0 Å². The molecule has 1 amide bonds. The molecule has 0 bridgehead atoms. The van der Waals surface area contributed by atoms with E-state index >= 15 is 0 Å². The highest BCUT2D eigenvalue weighted by molar-refractivity contribution is 6.38. The maximum atomic E-state index is 12.2. The number of nitrogens with zero attached hydrogens (tertiary/aromatic N) is 2. The van der Waals surface area contributed by atoms with Crippen LogP contribution < -0.4 is 4.90 Å². The third-order valence-corrected chi connectivity index (χ3v) is 4.79. The Labute approximate surface area is 157 Å². The van der Waals surface area contributed by atoms with Crippen molar-refractivity contribution >= 4 is 51.9 Å². The van der Waals surface area contributed by atoms with E-state index in [0.717, 1.165) is 0 Å². The summed E-state index contributed by atoms with van der Waals surface area (Å²) in [7, 11) is 0. The zero-order valence-electron chi connectivity index (χ0n) is 13.3. The summed E-state index contributed by atoms with van der Waals surface area (Å²) in [5, 5.41) is 9.95. The number of hydrogen-bond donors (Lipinski definition) is 1. The first-order chi connectivity index (χ1) is 12.4. The number of carboxylic acid groups (broad SMARTS) is 1. The lowest BCUT2D eigenvalue weighted by molar-refractivity contribution is -0.141. The van der Waals surface area contributed by atoms with Crippen molar-refractivity contribution < 1.29 is 19.1 Å². The average Bonchev–Trinajstić information content (AvgIpc) is 3.19. The quantitative estimate of drug-likeness (QED) is 0.722. The monoisotopic (exact) mass is 390 g/mol. The van der Waals surface area contributed by atoms with E-state index in [2.05, 4.69) is 4.98 Å². The zero-order chi connectivity index (χ0) is 18.4. The van der Waals surface area contributed by atoms with Gasteiger partial charge in [-0.25, -0.2) is 4.98 Å². The Morgan fingerprint density at radius 1 is 1.27 bits per heavy atom. The number of carbonyl (C=O) groups excluding carboxylic acids is 1. The van der Waals surface area contributed by atoms with Gasteiger partial charge in [-0.05, 0) is 30.3 Å². The molecule has 0 unspecified atom stereocenters. The first-order valence-electron chi connectivity index (χ1n) is 7.81. The largest absolute Gasteiger partial charge is 0.481 e. The Kier molecular flexibility index (Phi) is 4.09. The van der Waals surface area contributed by atoms with Gasteiger partial charge in [0.1, 0.15) is 5.52 Å². The van der Waals surface area contributed by atoms with Crippen molar-refractivity contribution in [1.82, 2.24) is 4.98 Å². The molecule has 1 aromatic heterocycles. The fraction of sp³-hybridized carbons (Fsp3) is 0.167. The smallest absolute Gasteiger partial charge is 0.308 e. The van der Waals surface area contributed by atoms with Gasteiger partial charge in [0.2, 0.25) is 11.8 Å². The second kappa shape index (κ2) is 6.30. The van der Waals surface area contributed by atoms with Crippen LogP contribution in [0.2, 0.25) is 10.0 Å². The molecule has 1 fully saturated rings. The first-order valence-corrected chi connectivity index (χ1v) is 8.57. The second-order valence-electron chi connectivity index (χ2n) is 6.05. The number of hydrogen-bond acceptors (Lipinski definition) is 4. The van der Waals surface area contributed by atoms with Crippen LogP contribution in [0.5, 0.6) is 0 Å². The van der Waals surface area contributed by atoms with Crippen LogP contribution >= 0.6 is 23.2 Å². The van der Waals surface area contributed by atoms with Crippen molar-refractivity contribution in [2.24, 2.45) is 5.92 Å². The molecule has 26 heavy (non-hydrogen) atoms. The molecule has 1 atom stereocenters. The number of carbonyl (C=O) groups is 2. The molecular formula is C18H12Cl2N2O4. The molecule has 4 rings (SSSR count). The fourth-order valence-corrected chi connectivity index (χ4v) is 3.53. The minimum atomic E-state index is -0.970. The molecule has 8 heteroatoms. The van der Waals surface area contributed by atoms with Gasteiger partial charge in [-0.3, -0.25) is 9.59 Å². The van der Waals surface area contributed by atoms with E-state index in [4.69, 9.17) is 32.7 Å². The van der Waals surface area contributed by atoms with Gasteiger partial charge < -0.3 is 14.4 Å².